The lowest BCUT2D eigenvalue weighted by atomic mass is 10.1. The number of rotatable bonds is 7. The molecule has 1 aromatic carbocycles. The highest BCUT2D eigenvalue weighted by molar-refractivity contribution is 6.06. The molecule has 1 aromatic rings. The Labute approximate surface area is 155 Å². The Morgan fingerprint density at radius 2 is 1.96 bits per heavy atom. The molecule has 0 saturated carbocycles. The van der Waals surface area contributed by atoms with Crippen molar-refractivity contribution in [3.05, 3.63) is 23.3 Å². The fourth-order valence-electron chi connectivity index (χ4n) is 3.11. The minimum Gasteiger partial charge on any atom is -0.507 e. The number of phenols is 1. The second kappa shape index (κ2) is 8.07. The highest BCUT2D eigenvalue weighted by atomic mass is 16.7. The Morgan fingerprint density at radius 1 is 1.22 bits per heavy atom. The average molecular weight is 375 g/mol. The van der Waals surface area contributed by atoms with Crippen molar-refractivity contribution in [3.8, 4) is 11.5 Å². The Balaban J connectivity index is 1.48. The van der Waals surface area contributed by atoms with E-state index >= 15 is 0 Å². The number of phenolic OH excluding ortho intramolecular Hbond substituents is 1. The molecule has 2 aliphatic rings. The first-order valence-corrected chi connectivity index (χ1v) is 8.78. The molecule has 1 saturated heterocycles. The van der Waals surface area contributed by atoms with Gasteiger partial charge in [-0.2, -0.15) is 5.10 Å². The van der Waals surface area contributed by atoms with E-state index in [0.29, 0.717) is 17.2 Å². The number of imide groups is 1. The van der Waals surface area contributed by atoms with Crippen LogP contribution in [0.1, 0.15) is 43.2 Å². The molecule has 9 nitrogen and oxygen atoms in total. The van der Waals surface area contributed by atoms with E-state index in [2.05, 4.69) is 10.5 Å². The van der Waals surface area contributed by atoms with Crippen molar-refractivity contribution in [1.82, 2.24) is 10.5 Å². The number of nitrogens with one attached hydrogen (secondary N) is 1. The minimum atomic E-state index is -0.660. The van der Waals surface area contributed by atoms with Gasteiger partial charge in [0.15, 0.2) is 0 Å². The number of hydrazone groups is 1. The van der Waals surface area contributed by atoms with Gasteiger partial charge in [-0.05, 0) is 30.9 Å². The number of hydroxylamine groups is 2. The van der Waals surface area contributed by atoms with Gasteiger partial charge in [-0.3, -0.25) is 9.59 Å². The molecule has 1 heterocycles. The van der Waals surface area contributed by atoms with Crippen molar-refractivity contribution >= 4 is 23.5 Å². The van der Waals surface area contributed by atoms with Crippen LogP contribution in [0.25, 0.3) is 0 Å². The van der Waals surface area contributed by atoms with Gasteiger partial charge in [0.1, 0.15) is 11.5 Å². The Morgan fingerprint density at radius 3 is 2.67 bits per heavy atom. The van der Waals surface area contributed by atoms with Gasteiger partial charge >= 0.3 is 5.97 Å². The van der Waals surface area contributed by atoms with Crippen LogP contribution in [0.5, 0.6) is 11.5 Å². The number of aromatic hydroxyl groups is 1. The largest absolute Gasteiger partial charge is 0.507 e. The topological polar surface area (TPSA) is 118 Å². The van der Waals surface area contributed by atoms with Crippen LogP contribution >= 0.6 is 0 Å². The third-order valence-electron chi connectivity index (χ3n) is 4.33. The summed E-state index contributed by atoms with van der Waals surface area (Å²) in [5.74, 6) is -1.04. The first kappa shape index (κ1) is 18.7. The van der Waals surface area contributed by atoms with Gasteiger partial charge in [0.25, 0.3) is 11.8 Å². The van der Waals surface area contributed by atoms with Crippen LogP contribution < -0.4 is 10.2 Å². The van der Waals surface area contributed by atoms with Gasteiger partial charge in [-0.1, -0.05) is 0 Å². The van der Waals surface area contributed by atoms with Gasteiger partial charge in [-0.15, -0.1) is 5.06 Å². The molecule has 0 unspecified atom stereocenters. The number of carbonyl (C=O) groups excluding carboxylic acids is 3. The van der Waals surface area contributed by atoms with Crippen LogP contribution in [0.2, 0.25) is 0 Å². The summed E-state index contributed by atoms with van der Waals surface area (Å²) in [5.41, 5.74) is 5.24. The number of nitrogens with zero attached hydrogens (tertiary/aromatic N) is 2. The number of amides is 2. The number of benzene rings is 1. The maximum Gasteiger partial charge on any atom is 0.333 e. The van der Waals surface area contributed by atoms with E-state index in [1.54, 1.807) is 7.05 Å². The average Bonchev–Trinajstić information content (AvgIpc) is 3.18. The predicted octanol–water partition coefficient (Wildman–Crippen LogP) is 1.03. The first-order chi connectivity index (χ1) is 13.0. The Hall–Kier alpha value is -3.10. The zero-order valence-electron chi connectivity index (χ0n) is 15.0. The number of carbonyl (C=O) groups is 3. The molecule has 9 heteroatoms. The van der Waals surface area contributed by atoms with E-state index in [4.69, 9.17) is 9.57 Å². The van der Waals surface area contributed by atoms with Crippen molar-refractivity contribution in [3.63, 3.8) is 0 Å². The molecular formula is C18H21N3O6. The van der Waals surface area contributed by atoms with Gasteiger partial charge in [0.2, 0.25) is 0 Å². The second-order valence-corrected chi connectivity index (χ2v) is 6.26. The smallest absolute Gasteiger partial charge is 0.333 e. The molecule has 0 atom stereocenters. The summed E-state index contributed by atoms with van der Waals surface area (Å²) >= 11 is 0. The van der Waals surface area contributed by atoms with Gasteiger partial charge in [-0.25, -0.2) is 4.79 Å². The van der Waals surface area contributed by atoms with Crippen molar-refractivity contribution in [2.45, 2.75) is 38.5 Å². The molecule has 0 spiro atoms. The van der Waals surface area contributed by atoms with Gasteiger partial charge in [0, 0.05) is 31.5 Å². The highest BCUT2D eigenvalue weighted by Gasteiger charge is 2.32. The lowest BCUT2D eigenvalue weighted by Gasteiger charge is -2.13. The molecule has 0 radical (unpaired) electrons. The van der Waals surface area contributed by atoms with Crippen molar-refractivity contribution in [1.29, 1.82) is 0 Å². The molecule has 1 fully saturated rings. The van der Waals surface area contributed by atoms with E-state index in [-0.39, 0.29) is 31.6 Å². The molecule has 2 N–H and O–H groups in total. The maximum absolute atomic E-state index is 11.7. The van der Waals surface area contributed by atoms with E-state index in [1.165, 1.54) is 6.07 Å². The van der Waals surface area contributed by atoms with Crippen molar-refractivity contribution in [2.75, 3.05) is 13.7 Å². The van der Waals surface area contributed by atoms with E-state index < -0.39 is 17.8 Å². The number of ether oxygens (including phenoxy) is 1. The first-order valence-electron chi connectivity index (χ1n) is 8.78. The fourth-order valence-corrected chi connectivity index (χ4v) is 3.11. The van der Waals surface area contributed by atoms with Crippen molar-refractivity contribution < 1.29 is 29.1 Å². The number of aryl methyl sites for hydroxylation is 1. The molecule has 27 heavy (non-hydrogen) atoms. The van der Waals surface area contributed by atoms with Crippen LogP contribution in [0.4, 0.5) is 0 Å². The van der Waals surface area contributed by atoms with Gasteiger partial charge in [0.05, 0.1) is 18.7 Å². The summed E-state index contributed by atoms with van der Waals surface area (Å²) in [5, 5.41) is 14.9. The molecule has 144 valence electrons. The predicted molar refractivity (Wildman–Crippen MR) is 93.9 cm³/mol. The molecule has 2 amide bonds. The molecule has 1 aliphatic carbocycles. The van der Waals surface area contributed by atoms with Crippen LogP contribution in [0.3, 0.4) is 0 Å². The van der Waals surface area contributed by atoms with E-state index in [1.807, 2.05) is 6.07 Å². The molecule has 1 aliphatic heterocycles. The number of hydrogen-bond acceptors (Lipinski definition) is 8. The number of hydrogen-bond donors (Lipinski definition) is 2. The third kappa shape index (κ3) is 4.18. The summed E-state index contributed by atoms with van der Waals surface area (Å²) in [7, 11) is 1.71. The van der Waals surface area contributed by atoms with Crippen LogP contribution in [0, 0.1) is 0 Å². The summed E-state index contributed by atoms with van der Waals surface area (Å²) < 4.78 is 5.60. The Kier molecular flexibility index (Phi) is 5.58. The molecule has 0 bridgehead atoms. The normalized spacial score (nSPS) is 17.4. The summed E-state index contributed by atoms with van der Waals surface area (Å²) in [6, 6.07) is 3.38. The third-order valence-corrected chi connectivity index (χ3v) is 4.33. The van der Waals surface area contributed by atoms with Crippen LogP contribution in [-0.4, -0.2) is 47.3 Å². The number of fused-ring (bicyclic) bond motifs is 1. The van der Waals surface area contributed by atoms with E-state index in [9.17, 15) is 19.5 Å². The molecule has 3 rings (SSSR count). The Bertz CT molecular complexity index is 789. The summed E-state index contributed by atoms with van der Waals surface area (Å²) in [6.45, 7) is 0.229. The maximum atomic E-state index is 11.7. The van der Waals surface area contributed by atoms with Crippen LogP contribution in [0.15, 0.2) is 17.2 Å². The SMILES string of the molecule is CN/N=C1\CCc2cc(OCCCC(=O)ON3C(=O)CCC3=O)cc(O)c21. The van der Waals surface area contributed by atoms with E-state index in [0.717, 1.165) is 29.7 Å². The fraction of sp³-hybridized carbons (Fsp3) is 0.444. The standard InChI is InChI=1S/C18H21N3O6/c1-19-20-13-5-4-11-9-12(10-14(22)18(11)13)26-8-2-3-17(25)27-21-15(23)6-7-16(21)24/h9-10,19,22H,2-8H2,1H3/b20-13+. The van der Waals surface area contributed by atoms with Crippen molar-refractivity contribution in [2.24, 2.45) is 5.10 Å². The summed E-state index contributed by atoms with van der Waals surface area (Å²) in [4.78, 5) is 39.3. The lowest BCUT2D eigenvalue weighted by Crippen LogP contribution is -2.32. The zero-order valence-corrected chi connectivity index (χ0v) is 15.0. The molecule has 0 aromatic heterocycles. The monoisotopic (exact) mass is 375 g/mol. The quantitative estimate of drug-likeness (QED) is 0.415. The minimum absolute atomic E-state index is 0.00690. The second-order valence-electron chi connectivity index (χ2n) is 6.26. The lowest BCUT2D eigenvalue weighted by molar-refractivity contribution is -0.197. The summed E-state index contributed by atoms with van der Waals surface area (Å²) in [6.07, 6.45) is 2.00. The van der Waals surface area contributed by atoms with Gasteiger partial charge < -0.3 is 20.1 Å². The zero-order chi connectivity index (χ0) is 19.4. The molecular weight excluding hydrogens is 354 g/mol. The highest BCUT2D eigenvalue weighted by Crippen LogP contribution is 2.34. The van der Waals surface area contributed by atoms with Crippen LogP contribution in [-0.2, 0) is 25.6 Å².